The van der Waals surface area contributed by atoms with Gasteiger partial charge in [-0.1, -0.05) is 13.8 Å². The third-order valence-corrected chi connectivity index (χ3v) is 4.43. The van der Waals surface area contributed by atoms with E-state index in [-0.39, 0.29) is 0 Å². The summed E-state index contributed by atoms with van der Waals surface area (Å²) in [5.41, 5.74) is 7.85. The van der Waals surface area contributed by atoms with Crippen molar-refractivity contribution in [1.82, 2.24) is 0 Å². The zero-order chi connectivity index (χ0) is 12.6. The van der Waals surface area contributed by atoms with Gasteiger partial charge in [-0.2, -0.15) is 0 Å². The Balaban J connectivity index is 2.33. The van der Waals surface area contributed by atoms with E-state index in [0.717, 1.165) is 39.6 Å². The number of hydrogen-bond acceptors (Lipinski definition) is 2. The summed E-state index contributed by atoms with van der Waals surface area (Å²) >= 11 is 7.24. The molecule has 2 rings (SSSR count). The van der Waals surface area contributed by atoms with Crippen molar-refractivity contribution < 1.29 is 0 Å². The second-order valence-electron chi connectivity index (χ2n) is 5.18. The molecule has 1 aliphatic rings. The molecule has 1 heterocycles. The number of anilines is 2. The van der Waals surface area contributed by atoms with Crippen molar-refractivity contribution in [2.45, 2.75) is 20.3 Å². The van der Waals surface area contributed by atoms with Crippen LogP contribution in [0.5, 0.6) is 0 Å². The lowest BCUT2D eigenvalue weighted by Crippen LogP contribution is -2.39. The third kappa shape index (κ3) is 2.97. The average molecular weight is 362 g/mol. The van der Waals surface area contributed by atoms with Crippen LogP contribution in [0.25, 0.3) is 0 Å². The largest absolute Gasteiger partial charge is 0.399 e. The highest BCUT2D eigenvalue weighted by molar-refractivity contribution is 9.11. The van der Waals surface area contributed by atoms with Crippen molar-refractivity contribution in [3.8, 4) is 0 Å². The predicted molar refractivity (Wildman–Crippen MR) is 81.4 cm³/mol. The van der Waals surface area contributed by atoms with Crippen LogP contribution in [0.2, 0.25) is 0 Å². The van der Waals surface area contributed by atoms with Gasteiger partial charge in [0.05, 0.1) is 5.69 Å². The maximum atomic E-state index is 5.83. The molecule has 2 nitrogen and oxygen atoms in total. The molecule has 0 saturated carbocycles. The van der Waals surface area contributed by atoms with Gasteiger partial charge in [-0.25, -0.2) is 0 Å². The highest BCUT2D eigenvalue weighted by atomic mass is 79.9. The van der Waals surface area contributed by atoms with E-state index in [1.54, 1.807) is 0 Å². The molecule has 0 aliphatic carbocycles. The van der Waals surface area contributed by atoms with Crippen molar-refractivity contribution in [3.63, 3.8) is 0 Å². The molecule has 17 heavy (non-hydrogen) atoms. The summed E-state index contributed by atoms with van der Waals surface area (Å²) in [5.74, 6) is 1.49. The highest BCUT2D eigenvalue weighted by Crippen LogP contribution is 2.39. The molecular weight excluding hydrogens is 344 g/mol. The minimum Gasteiger partial charge on any atom is -0.399 e. The SMILES string of the molecule is C[C@@H]1C[C@H](C)CN(c2c(Br)cc(N)cc2Br)C1. The Kier molecular flexibility index (Phi) is 4.03. The van der Waals surface area contributed by atoms with Crippen LogP contribution in [0, 0.1) is 11.8 Å². The van der Waals surface area contributed by atoms with Crippen molar-refractivity contribution in [2.24, 2.45) is 11.8 Å². The molecule has 1 aromatic carbocycles. The fourth-order valence-electron chi connectivity index (χ4n) is 2.73. The quantitative estimate of drug-likeness (QED) is 0.756. The van der Waals surface area contributed by atoms with Crippen LogP contribution in [0.4, 0.5) is 11.4 Å². The molecule has 4 heteroatoms. The monoisotopic (exact) mass is 360 g/mol. The number of rotatable bonds is 1. The van der Waals surface area contributed by atoms with Crippen LogP contribution in [-0.2, 0) is 0 Å². The molecule has 0 spiro atoms. The maximum absolute atomic E-state index is 5.83. The van der Waals surface area contributed by atoms with E-state index in [1.807, 2.05) is 12.1 Å². The first-order valence-electron chi connectivity index (χ1n) is 5.97. The number of nitrogen functional groups attached to an aromatic ring is 1. The van der Waals surface area contributed by atoms with Crippen LogP contribution in [0.3, 0.4) is 0 Å². The molecule has 2 N–H and O–H groups in total. The van der Waals surface area contributed by atoms with Gasteiger partial charge in [0.15, 0.2) is 0 Å². The van der Waals surface area contributed by atoms with E-state index in [4.69, 9.17) is 5.73 Å². The fraction of sp³-hybridized carbons (Fsp3) is 0.538. The average Bonchev–Trinajstić information content (AvgIpc) is 2.13. The molecule has 0 aromatic heterocycles. The van der Waals surface area contributed by atoms with Crippen LogP contribution >= 0.6 is 31.9 Å². The summed E-state index contributed by atoms with van der Waals surface area (Å²) in [6.45, 7) is 6.88. The Morgan fingerprint density at radius 1 is 1.12 bits per heavy atom. The Morgan fingerprint density at radius 3 is 2.06 bits per heavy atom. The van der Waals surface area contributed by atoms with Gasteiger partial charge in [-0.05, 0) is 62.2 Å². The lowest BCUT2D eigenvalue weighted by molar-refractivity contribution is 0.356. The molecule has 94 valence electrons. The molecule has 1 saturated heterocycles. The number of halogens is 2. The van der Waals surface area contributed by atoms with Crippen molar-refractivity contribution >= 4 is 43.2 Å². The van der Waals surface area contributed by atoms with Crippen molar-refractivity contribution in [3.05, 3.63) is 21.1 Å². The lowest BCUT2D eigenvalue weighted by atomic mass is 9.91. The summed E-state index contributed by atoms with van der Waals surface area (Å²) in [6, 6.07) is 3.95. The van der Waals surface area contributed by atoms with Gasteiger partial charge in [0.25, 0.3) is 0 Å². The van der Waals surface area contributed by atoms with E-state index in [2.05, 4.69) is 50.6 Å². The minimum absolute atomic E-state index is 0.745. The molecule has 2 atom stereocenters. The zero-order valence-corrected chi connectivity index (χ0v) is 13.4. The fourth-order valence-corrected chi connectivity index (χ4v) is 4.46. The van der Waals surface area contributed by atoms with E-state index in [9.17, 15) is 0 Å². The summed E-state index contributed by atoms with van der Waals surface area (Å²) in [4.78, 5) is 2.45. The van der Waals surface area contributed by atoms with E-state index >= 15 is 0 Å². The molecule has 1 fully saturated rings. The first kappa shape index (κ1) is 13.2. The predicted octanol–water partition coefficient (Wildman–Crippen LogP) is 4.28. The molecule has 0 bridgehead atoms. The normalized spacial score (nSPS) is 25.1. The number of nitrogens with two attached hydrogens (primary N) is 1. The molecule has 0 unspecified atom stereocenters. The number of piperidine rings is 1. The van der Waals surface area contributed by atoms with Crippen LogP contribution in [0.1, 0.15) is 20.3 Å². The lowest BCUT2D eigenvalue weighted by Gasteiger charge is -2.37. The van der Waals surface area contributed by atoms with Crippen LogP contribution in [-0.4, -0.2) is 13.1 Å². The first-order chi connectivity index (χ1) is 7.97. The Labute approximate surface area is 120 Å². The third-order valence-electron chi connectivity index (χ3n) is 3.22. The Hall–Kier alpha value is -0.220. The zero-order valence-electron chi connectivity index (χ0n) is 10.2. The second-order valence-corrected chi connectivity index (χ2v) is 6.89. The maximum Gasteiger partial charge on any atom is 0.0656 e. The van der Waals surface area contributed by atoms with Gasteiger partial charge in [0, 0.05) is 27.7 Å². The second kappa shape index (κ2) is 5.19. The Bertz CT molecular complexity index is 387. The summed E-state index contributed by atoms with van der Waals surface area (Å²) in [7, 11) is 0. The van der Waals surface area contributed by atoms with E-state index in [1.165, 1.54) is 12.1 Å². The minimum atomic E-state index is 0.745. The van der Waals surface area contributed by atoms with Gasteiger partial charge in [-0.3, -0.25) is 0 Å². The molecule has 0 amide bonds. The molecule has 1 aliphatic heterocycles. The van der Waals surface area contributed by atoms with Crippen molar-refractivity contribution in [1.29, 1.82) is 0 Å². The number of hydrogen-bond donors (Lipinski definition) is 1. The molecule has 0 radical (unpaired) electrons. The summed E-state index contributed by atoms with van der Waals surface area (Å²) < 4.78 is 2.15. The topological polar surface area (TPSA) is 29.3 Å². The van der Waals surface area contributed by atoms with E-state index < -0.39 is 0 Å². The standard InChI is InChI=1S/C13H18Br2N2/c1-8-3-9(2)7-17(6-8)13-11(14)4-10(16)5-12(13)15/h4-5,8-9H,3,6-7,16H2,1-2H3/t8-,9+. The van der Waals surface area contributed by atoms with E-state index in [0.29, 0.717) is 0 Å². The molecular formula is C13H18Br2N2. The summed E-state index contributed by atoms with van der Waals surface area (Å²) in [5, 5.41) is 0. The number of nitrogens with zero attached hydrogens (tertiary/aromatic N) is 1. The van der Waals surface area contributed by atoms with Crippen LogP contribution < -0.4 is 10.6 Å². The van der Waals surface area contributed by atoms with Gasteiger partial charge >= 0.3 is 0 Å². The van der Waals surface area contributed by atoms with Gasteiger partial charge < -0.3 is 10.6 Å². The number of benzene rings is 1. The van der Waals surface area contributed by atoms with Gasteiger partial charge in [0.2, 0.25) is 0 Å². The smallest absolute Gasteiger partial charge is 0.0656 e. The highest BCUT2D eigenvalue weighted by Gasteiger charge is 2.24. The first-order valence-corrected chi connectivity index (χ1v) is 7.55. The van der Waals surface area contributed by atoms with Crippen molar-refractivity contribution in [2.75, 3.05) is 23.7 Å². The van der Waals surface area contributed by atoms with Gasteiger partial charge in [-0.15, -0.1) is 0 Å². The summed E-state index contributed by atoms with van der Waals surface area (Å²) in [6.07, 6.45) is 1.32. The molecule has 1 aromatic rings. The Morgan fingerprint density at radius 2 is 1.59 bits per heavy atom. The van der Waals surface area contributed by atoms with Gasteiger partial charge in [0.1, 0.15) is 0 Å². The van der Waals surface area contributed by atoms with Crippen LogP contribution in [0.15, 0.2) is 21.1 Å².